The van der Waals surface area contributed by atoms with Crippen molar-refractivity contribution in [3.8, 4) is 5.75 Å². The zero-order chi connectivity index (χ0) is 14.4. The summed E-state index contributed by atoms with van der Waals surface area (Å²) in [6.07, 6.45) is 1.78. The molecule has 0 atom stereocenters. The lowest BCUT2D eigenvalue weighted by Gasteiger charge is -2.09. The van der Waals surface area contributed by atoms with E-state index in [0.717, 1.165) is 16.4 Å². The van der Waals surface area contributed by atoms with E-state index in [9.17, 15) is 4.79 Å². The molecule has 0 unspecified atom stereocenters. The van der Waals surface area contributed by atoms with E-state index in [1.54, 1.807) is 12.1 Å². The van der Waals surface area contributed by atoms with Crippen molar-refractivity contribution < 1.29 is 14.6 Å². The maximum absolute atomic E-state index is 11.1. The second-order valence-corrected chi connectivity index (χ2v) is 5.63. The molecule has 0 amide bonds. The van der Waals surface area contributed by atoms with Gasteiger partial charge in [0.2, 0.25) is 0 Å². The number of aryl methyl sites for hydroxylation is 1. The standard InChI is InChI=1S/C16H15IO3/c17-13-8-9-15(14(11-13)16(18)19)20-10-4-7-12-5-2-1-3-6-12/h1-3,5-6,8-9,11H,4,7,10H2,(H,18,19). The first kappa shape index (κ1) is 14.8. The fourth-order valence-corrected chi connectivity index (χ4v) is 2.39. The van der Waals surface area contributed by atoms with Gasteiger partial charge in [0, 0.05) is 3.57 Å². The highest BCUT2D eigenvalue weighted by Crippen LogP contribution is 2.21. The summed E-state index contributed by atoms with van der Waals surface area (Å²) in [6.45, 7) is 0.510. The van der Waals surface area contributed by atoms with Gasteiger partial charge in [-0.25, -0.2) is 4.79 Å². The molecule has 0 aliphatic heterocycles. The molecule has 2 aromatic rings. The Morgan fingerprint density at radius 2 is 1.90 bits per heavy atom. The van der Waals surface area contributed by atoms with Crippen molar-refractivity contribution in [3.05, 3.63) is 63.2 Å². The molecule has 20 heavy (non-hydrogen) atoms. The molecule has 2 aromatic carbocycles. The van der Waals surface area contributed by atoms with Crippen molar-refractivity contribution >= 4 is 28.6 Å². The van der Waals surface area contributed by atoms with Crippen LogP contribution in [0.25, 0.3) is 0 Å². The van der Waals surface area contributed by atoms with Gasteiger partial charge in [-0.2, -0.15) is 0 Å². The maximum Gasteiger partial charge on any atom is 0.339 e. The minimum Gasteiger partial charge on any atom is -0.493 e. The summed E-state index contributed by atoms with van der Waals surface area (Å²) in [5.41, 5.74) is 1.48. The zero-order valence-electron chi connectivity index (χ0n) is 10.9. The molecule has 0 saturated heterocycles. The Hall–Kier alpha value is -1.56. The number of carboxylic acids is 1. The molecule has 0 aliphatic rings. The number of halogens is 1. The van der Waals surface area contributed by atoms with E-state index in [1.807, 2.05) is 24.3 Å². The summed E-state index contributed by atoms with van der Waals surface area (Å²) in [4.78, 5) is 11.1. The quantitative estimate of drug-likeness (QED) is 0.607. The molecular weight excluding hydrogens is 367 g/mol. The second-order valence-electron chi connectivity index (χ2n) is 4.38. The highest BCUT2D eigenvalue weighted by Gasteiger charge is 2.11. The highest BCUT2D eigenvalue weighted by molar-refractivity contribution is 14.1. The van der Waals surface area contributed by atoms with Crippen molar-refractivity contribution in [2.75, 3.05) is 6.61 Å². The van der Waals surface area contributed by atoms with Gasteiger partial charge in [0.25, 0.3) is 0 Å². The lowest BCUT2D eigenvalue weighted by Crippen LogP contribution is -2.05. The van der Waals surface area contributed by atoms with Crippen LogP contribution in [-0.4, -0.2) is 17.7 Å². The van der Waals surface area contributed by atoms with Gasteiger partial charge in [-0.3, -0.25) is 0 Å². The summed E-state index contributed by atoms with van der Waals surface area (Å²) in [5.74, 6) is -0.521. The van der Waals surface area contributed by atoms with Crippen LogP contribution in [0.1, 0.15) is 22.3 Å². The SMILES string of the molecule is O=C(O)c1cc(I)ccc1OCCCc1ccccc1. The third-order valence-electron chi connectivity index (χ3n) is 2.88. The van der Waals surface area contributed by atoms with Gasteiger partial charge in [0.1, 0.15) is 11.3 Å². The Balaban J connectivity index is 1.90. The van der Waals surface area contributed by atoms with E-state index in [-0.39, 0.29) is 5.56 Å². The number of hydrogen-bond acceptors (Lipinski definition) is 2. The summed E-state index contributed by atoms with van der Waals surface area (Å²) in [6, 6.07) is 15.4. The van der Waals surface area contributed by atoms with Crippen molar-refractivity contribution in [2.24, 2.45) is 0 Å². The highest BCUT2D eigenvalue weighted by atomic mass is 127. The van der Waals surface area contributed by atoms with Crippen molar-refractivity contribution in [1.82, 2.24) is 0 Å². The van der Waals surface area contributed by atoms with Crippen LogP contribution in [0.2, 0.25) is 0 Å². The molecule has 0 aliphatic carbocycles. The molecule has 3 nitrogen and oxygen atoms in total. The number of carboxylic acid groups (broad SMARTS) is 1. The first-order valence-electron chi connectivity index (χ1n) is 6.36. The van der Waals surface area contributed by atoms with E-state index >= 15 is 0 Å². The number of benzene rings is 2. The maximum atomic E-state index is 11.1. The van der Waals surface area contributed by atoms with Crippen LogP contribution >= 0.6 is 22.6 Å². The molecule has 0 radical (unpaired) electrons. The first-order valence-corrected chi connectivity index (χ1v) is 7.44. The lowest BCUT2D eigenvalue weighted by atomic mass is 10.1. The number of hydrogen-bond donors (Lipinski definition) is 1. The normalized spacial score (nSPS) is 10.2. The first-order chi connectivity index (χ1) is 9.66. The molecule has 104 valence electrons. The summed E-state index contributed by atoms with van der Waals surface area (Å²) < 4.78 is 6.48. The Morgan fingerprint density at radius 1 is 1.15 bits per heavy atom. The Kier molecular flexibility index (Phi) is 5.40. The topological polar surface area (TPSA) is 46.5 Å². The van der Waals surface area contributed by atoms with Gasteiger partial charge in [0.05, 0.1) is 6.61 Å². The summed E-state index contributed by atoms with van der Waals surface area (Å²) in [5, 5.41) is 9.14. The van der Waals surface area contributed by atoms with Crippen LogP contribution < -0.4 is 4.74 Å². The van der Waals surface area contributed by atoms with Crippen LogP contribution in [0.5, 0.6) is 5.75 Å². The molecular formula is C16H15IO3. The Labute approximate surface area is 131 Å². The molecule has 0 heterocycles. The third-order valence-corrected chi connectivity index (χ3v) is 3.55. The molecule has 0 fully saturated rings. The van der Waals surface area contributed by atoms with Crippen molar-refractivity contribution in [3.63, 3.8) is 0 Å². The van der Waals surface area contributed by atoms with Gasteiger partial charge < -0.3 is 9.84 Å². The molecule has 0 spiro atoms. The smallest absolute Gasteiger partial charge is 0.339 e. The zero-order valence-corrected chi connectivity index (χ0v) is 13.0. The van der Waals surface area contributed by atoms with Gasteiger partial charge >= 0.3 is 5.97 Å². The van der Waals surface area contributed by atoms with Gasteiger partial charge in [-0.1, -0.05) is 30.3 Å². The van der Waals surface area contributed by atoms with E-state index in [1.165, 1.54) is 5.56 Å². The largest absolute Gasteiger partial charge is 0.493 e. The van der Waals surface area contributed by atoms with Crippen LogP contribution in [-0.2, 0) is 6.42 Å². The van der Waals surface area contributed by atoms with Gasteiger partial charge in [-0.05, 0) is 59.2 Å². The molecule has 0 bridgehead atoms. The lowest BCUT2D eigenvalue weighted by molar-refractivity contribution is 0.0692. The van der Waals surface area contributed by atoms with Crippen LogP contribution in [0.15, 0.2) is 48.5 Å². The Bertz CT molecular complexity index is 582. The number of ether oxygens (including phenoxy) is 1. The molecule has 1 N–H and O–H groups in total. The fraction of sp³-hybridized carbons (Fsp3) is 0.188. The Morgan fingerprint density at radius 3 is 2.60 bits per heavy atom. The molecule has 0 saturated carbocycles. The second kappa shape index (κ2) is 7.28. The molecule has 0 aromatic heterocycles. The summed E-state index contributed by atoms with van der Waals surface area (Å²) in [7, 11) is 0. The fourth-order valence-electron chi connectivity index (χ4n) is 1.90. The monoisotopic (exact) mass is 382 g/mol. The molecule has 4 heteroatoms. The summed E-state index contributed by atoms with van der Waals surface area (Å²) >= 11 is 2.09. The minimum absolute atomic E-state index is 0.219. The van der Waals surface area contributed by atoms with Crippen molar-refractivity contribution in [2.45, 2.75) is 12.8 Å². The number of rotatable bonds is 6. The number of aromatic carboxylic acids is 1. The van der Waals surface area contributed by atoms with Crippen LogP contribution in [0.3, 0.4) is 0 Å². The van der Waals surface area contributed by atoms with Crippen LogP contribution in [0.4, 0.5) is 0 Å². The van der Waals surface area contributed by atoms with Crippen LogP contribution in [0, 0.1) is 3.57 Å². The van der Waals surface area contributed by atoms with Gasteiger partial charge in [0.15, 0.2) is 0 Å². The van der Waals surface area contributed by atoms with E-state index in [2.05, 4.69) is 34.7 Å². The predicted molar refractivity (Wildman–Crippen MR) is 86.4 cm³/mol. The van der Waals surface area contributed by atoms with Crippen molar-refractivity contribution in [1.29, 1.82) is 0 Å². The van der Waals surface area contributed by atoms with E-state index < -0.39 is 5.97 Å². The third kappa shape index (κ3) is 4.23. The minimum atomic E-state index is -0.957. The predicted octanol–water partition coefficient (Wildman–Crippen LogP) is 4.00. The average molecular weight is 382 g/mol. The number of carbonyl (C=O) groups is 1. The molecule has 2 rings (SSSR count). The average Bonchev–Trinajstić information content (AvgIpc) is 2.45. The van der Waals surface area contributed by atoms with E-state index in [4.69, 9.17) is 9.84 Å². The van der Waals surface area contributed by atoms with E-state index in [0.29, 0.717) is 12.4 Å². The van der Waals surface area contributed by atoms with Gasteiger partial charge in [-0.15, -0.1) is 0 Å².